The zero-order valence-corrected chi connectivity index (χ0v) is 12.5. The first-order valence-corrected chi connectivity index (χ1v) is 7.14. The van der Waals surface area contributed by atoms with E-state index >= 15 is 0 Å². The number of aliphatic imine (C=N–C) groups is 1. The number of likely N-dealkylation sites (N-methyl/N-ethyl adjacent to an activating group) is 1. The molecule has 0 saturated heterocycles. The molecule has 20 heavy (non-hydrogen) atoms. The zero-order valence-electron chi connectivity index (χ0n) is 10.9. The number of amides is 2. The second-order valence-corrected chi connectivity index (χ2v) is 5.39. The number of rotatable bonds is 2. The van der Waals surface area contributed by atoms with Gasteiger partial charge in [-0.05, 0) is 40.5 Å². The Hall–Kier alpha value is -1.76. The molecule has 0 fully saturated rings. The van der Waals surface area contributed by atoms with Crippen LogP contribution in [0.5, 0.6) is 11.5 Å². The number of benzene rings is 1. The first-order valence-electron chi connectivity index (χ1n) is 6.35. The van der Waals surface area contributed by atoms with Crippen LogP contribution in [0, 0.1) is 0 Å². The third-order valence-electron chi connectivity index (χ3n) is 3.34. The molecule has 0 aromatic heterocycles. The van der Waals surface area contributed by atoms with Crippen LogP contribution in [0.2, 0.25) is 0 Å². The number of carbonyl (C=O) groups excluding carboxylic acids is 1. The van der Waals surface area contributed by atoms with E-state index in [1.54, 1.807) is 4.90 Å². The van der Waals surface area contributed by atoms with Crippen molar-refractivity contribution >= 4 is 27.8 Å². The van der Waals surface area contributed by atoms with Crippen LogP contribution in [0.4, 0.5) is 4.79 Å². The molecule has 106 valence electrons. The second kappa shape index (κ2) is 4.97. The lowest BCUT2D eigenvalue weighted by Crippen LogP contribution is -2.33. The van der Waals surface area contributed by atoms with Crippen LogP contribution in [0.25, 0.3) is 0 Å². The number of nitrogens with two attached hydrogens (primary N) is 1. The van der Waals surface area contributed by atoms with E-state index in [2.05, 4.69) is 20.9 Å². The molecule has 0 spiro atoms. The Kier molecular flexibility index (Phi) is 3.29. The van der Waals surface area contributed by atoms with Crippen LogP contribution < -0.4 is 15.2 Å². The molecule has 2 N–H and O–H groups in total. The van der Waals surface area contributed by atoms with E-state index < -0.39 is 0 Å². The molecule has 1 aromatic rings. The van der Waals surface area contributed by atoms with Gasteiger partial charge in [0.2, 0.25) is 0 Å². The Morgan fingerprint density at radius 3 is 2.95 bits per heavy atom. The maximum Gasteiger partial charge on any atom is 0.346 e. The molecule has 2 heterocycles. The summed E-state index contributed by atoms with van der Waals surface area (Å²) in [6, 6.07) is 3.09. The molecule has 0 saturated carbocycles. The zero-order chi connectivity index (χ0) is 14.3. The van der Waals surface area contributed by atoms with Gasteiger partial charge in [0.05, 0.1) is 4.47 Å². The molecule has 7 heteroatoms. The smallest absolute Gasteiger partial charge is 0.346 e. The van der Waals surface area contributed by atoms with Crippen LogP contribution in [0.1, 0.15) is 18.5 Å². The minimum atomic E-state index is -0.348. The average molecular weight is 340 g/mol. The number of ether oxygens (including phenoxy) is 2. The van der Waals surface area contributed by atoms with Gasteiger partial charge in [-0.2, -0.15) is 4.99 Å². The number of hydrogen-bond acceptors (Lipinski definition) is 4. The van der Waals surface area contributed by atoms with Gasteiger partial charge in [0, 0.05) is 6.54 Å². The molecule has 1 atom stereocenters. The molecular weight excluding hydrogens is 326 g/mol. The van der Waals surface area contributed by atoms with E-state index in [0.717, 1.165) is 10.0 Å². The quantitative estimate of drug-likeness (QED) is 0.894. The van der Waals surface area contributed by atoms with Gasteiger partial charge in [-0.25, -0.2) is 4.79 Å². The number of fused-ring (bicyclic) bond motifs is 1. The highest BCUT2D eigenvalue weighted by Gasteiger charge is 2.34. The predicted molar refractivity (Wildman–Crippen MR) is 77.3 cm³/mol. The number of amidine groups is 1. The van der Waals surface area contributed by atoms with Crippen molar-refractivity contribution in [2.75, 3.05) is 19.8 Å². The summed E-state index contributed by atoms with van der Waals surface area (Å²) in [5.74, 6) is 1.65. The topological polar surface area (TPSA) is 77.2 Å². The lowest BCUT2D eigenvalue weighted by atomic mass is 10.0. The highest BCUT2D eigenvalue weighted by Crippen LogP contribution is 2.41. The van der Waals surface area contributed by atoms with Crippen molar-refractivity contribution < 1.29 is 14.3 Å². The standard InChI is InChI=1S/C13H14BrN3O3/c1-2-17-10(12(15)16-13(17)18)7-5-8(14)11-9(6-7)19-3-4-20-11/h5-6,10H,2-4H2,1H3,(H2,15,16,18). The number of hydrogen-bond donors (Lipinski definition) is 1. The normalized spacial score (nSPS) is 21.1. The van der Waals surface area contributed by atoms with E-state index in [9.17, 15) is 4.79 Å². The van der Waals surface area contributed by atoms with Crippen LogP contribution in [0.3, 0.4) is 0 Å². The minimum absolute atomic E-state index is 0.305. The van der Waals surface area contributed by atoms with Crippen LogP contribution in [-0.4, -0.2) is 36.5 Å². The minimum Gasteiger partial charge on any atom is -0.486 e. The molecule has 0 aliphatic carbocycles. The molecule has 2 aliphatic heterocycles. The Labute approximate surface area is 124 Å². The van der Waals surface area contributed by atoms with Gasteiger partial charge < -0.3 is 20.1 Å². The maximum atomic E-state index is 11.8. The lowest BCUT2D eigenvalue weighted by molar-refractivity contribution is 0.170. The maximum absolute atomic E-state index is 11.8. The summed E-state index contributed by atoms with van der Waals surface area (Å²) in [6.07, 6.45) is 0. The van der Waals surface area contributed by atoms with Crippen molar-refractivity contribution in [2.24, 2.45) is 10.7 Å². The summed E-state index contributed by atoms with van der Waals surface area (Å²) in [5, 5.41) is 0. The SMILES string of the molecule is CCN1C(=O)N=C(N)C1c1cc(Br)c2c(c1)OCCO2. The van der Waals surface area contributed by atoms with Crippen molar-refractivity contribution in [3.8, 4) is 11.5 Å². The van der Waals surface area contributed by atoms with Gasteiger partial charge >= 0.3 is 6.03 Å². The number of nitrogens with zero attached hydrogens (tertiary/aromatic N) is 2. The van der Waals surface area contributed by atoms with Gasteiger partial charge in [0.15, 0.2) is 11.5 Å². The Balaban J connectivity index is 2.04. The number of carbonyl (C=O) groups is 1. The van der Waals surface area contributed by atoms with E-state index in [1.807, 2.05) is 19.1 Å². The summed E-state index contributed by atoms with van der Waals surface area (Å²) < 4.78 is 11.9. The molecule has 0 bridgehead atoms. The fourth-order valence-corrected chi connectivity index (χ4v) is 3.04. The highest BCUT2D eigenvalue weighted by molar-refractivity contribution is 9.10. The summed E-state index contributed by atoms with van der Waals surface area (Å²) in [4.78, 5) is 17.2. The molecule has 1 unspecified atom stereocenters. The average Bonchev–Trinajstić information content (AvgIpc) is 2.72. The van der Waals surface area contributed by atoms with Crippen molar-refractivity contribution in [1.29, 1.82) is 0 Å². The largest absolute Gasteiger partial charge is 0.486 e. The summed E-state index contributed by atoms with van der Waals surface area (Å²) in [5.41, 5.74) is 6.75. The molecule has 1 aromatic carbocycles. The number of halogens is 1. The van der Waals surface area contributed by atoms with Crippen LogP contribution in [0.15, 0.2) is 21.6 Å². The molecule has 6 nitrogen and oxygen atoms in total. The Bertz CT molecular complexity index is 603. The fraction of sp³-hybridized carbons (Fsp3) is 0.385. The summed E-state index contributed by atoms with van der Waals surface area (Å²) in [7, 11) is 0. The fourth-order valence-electron chi connectivity index (χ4n) is 2.46. The molecule has 0 radical (unpaired) electrons. The van der Waals surface area contributed by atoms with Gasteiger partial charge in [-0.3, -0.25) is 0 Å². The lowest BCUT2D eigenvalue weighted by Gasteiger charge is -2.26. The molecule has 2 aliphatic rings. The van der Waals surface area contributed by atoms with E-state index in [1.165, 1.54) is 0 Å². The van der Waals surface area contributed by atoms with E-state index in [0.29, 0.717) is 37.1 Å². The van der Waals surface area contributed by atoms with E-state index in [4.69, 9.17) is 15.2 Å². The number of urea groups is 1. The van der Waals surface area contributed by atoms with Crippen molar-refractivity contribution in [2.45, 2.75) is 13.0 Å². The highest BCUT2D eigenvalue weighted by atomic mass is 79.9. The second-order valence-electron chi connectivity index (χ2n) is 4.53. The third-order valence-corrected chi connectivity index (χ3v) is 3.93. The van der Waals surface area contributed by atoms with Gasteiger partial charge in [0.25, 0.3) is 0 Å². The van der Waals surface area contributed by atoms with Crippen molar-refractivity contribution in [3.63, 3.8) is 0 Å². The molecule has 2 amide bonds. The first kappa shape index (κ1) is 13.2. The van der Waals surface area contributed by atoms with Crippen molar-refractivity contribution in [3.05, 3.63) is 22.2 Å². The molecular formula is C13H14BrN3O3. The summed E-state index contributed by atoms with van der Waals surface area (Å²) >= 11 is 3.47. The Morgan fingerprint density at radius 2 is 2.20 bits per heavy atom. The van der Waals surface area contributed by atoms with Gasteiger partial charge in [-0.1, -0.05) is 0 Å². The first-order chi connectivity index (χ1) is 9.61. The Morgan fingerprint density at radius 1 is 1.45 bits per heavy atom. The van der Waals surface area contributed by atoms with Crippen LogP contribution >= 0.6 is 15.9 Å². The molecule has 3 rings (SSSR count). The van der Waals surface area contributed by atoms with E-state index in [-0.39, 0.29) is 12.1 Å². The van der Waals surface area contributed by atoms with Gasteiger partial charge in [0.1, 0.15) is 25.1 Å². The van der Waals surface area contributed by atoms with Crippen molar-refractivity contribution in [1.82, 2.24) is 4.90 Å². The predicted octanol–water partition coefficient (Wildman–Crippen LogP) is 2.07. The van der Waals surface area contributed by atoms with Gasteiger partial charge in [-0.15, -0.1) is 0 Å². The third kappa shape index (κ3) is 2.02. The summed E-state index contributed by atoms with van der Waals surface area (Å²) in [6.45, 7) is 3.47. The monoisotopic (exact) mass is 339 g/mol. The van der Waals surface area contributed by atoms with Crippen LogP contribution in [-0.2, 0) is 0 Å².